The summed E-state index contributed by atoms with van der Waals surface area (Å²) < 4.78 is 8.59. The van der Waals surface area contributed by atoms with E-state index in [-0.39, 0.29) is 5.41 Å². The van der Waals surface area contributed by atoms with E-state index >= 15 is 0 Å². The van der Waals surface area contributed by atoms with Gasteiger partial charge < -0.3 is 4.42 Å². The molecule has 0 amide bonds. The van der Waals surface area contributed by atoms with Gasteiger partial charge in [-0.05, 0) is 48.4 Å². The van der Waals surface area contributed by atoms with Crippen molar-refractivity contribution in [1.29, 1.82) is 0 Å². The van der Waals surface area contributed by atoms with Crippen LogP contribution in [0.5, 0.6) is 0 Å². The monoisotopic (exact) mass is 358 g/mol. The van der Waals surface area contributed by atoms with Gasteiger partial charge in [-0.25, -0.2) is 4.57 Å². The van der Waals surface area contributed by atoms with Crippen LogP contribution in [-0.2, 0) is 13.5 Å². The van der Waals surface area contributed by atoms with Gasteiger partial charge in [0.05, 0.1) is 5.56 Å². The standard InChI is InChI=1S/C25H28NO/c1-16-13-17(2)23(24-22(16)19-9-7-8-10-21(19)27-24)20-14-18(11-12-26(20)6)15-25(3,4)5/h7-14H,15H2,1-6H3/q+1. The highest BCUT2D eigenvalue weighted by atomic mass is 16.3. The van der Waals surface area contributed by atoms with Crippen LogP contribution in [0, 0.1) is 19.3 Å². The second kappa shape index (κ2) is 6.23. The maximum absolute atomic E-state index is 6.38. The third-order valence-corrected chi connectivity index (χ3v) is 5.25. The average molecular weight is 359 g/mol. The molecule has 138 valence electrons. The van der Waals surface area contributed by atoms with Gasteiger partial charge in [-0.1, -0.05) is 45.0 Å². The summed E-state index contributed by atoms with van der Waals surface area (Å²) in [5.74, 6) is 0. The summed E-state index contributed by atoms with van der Waals surface area (Å²) >= 11 is 0. The van der Waals surface area contributed by atoms with Gasteiger partial charge >= 0.3 is 0 Å². The van der Waals surface area contributed by atoms with E-state index in [1.165, 1.54) is 38.7 Å². The van der Waals surface area contributed by atoms with Gasteiger partial charge in [0.2, 0.25) is 5.69 Å². The normalized spacial score (nSPS) is 12.2. The van der Waals surface area contributed by atoms with Gasteiger partial charge in [0, 0.05) is 22.9 Å². The minimum absolute atomic E-state index is 0.258. The van der Waals surface area contributed by atoms with Crippen LogP contribution in [0.2, 0.25) is 0 Å². The van der Waals surface area contributed by atoms with Crippen molar-refractivity contribution >= 4 is 21.9 Å². The highest BCUT2D eigenvalue weighted by molar-refractivity contribution is 6.11. The maximum Gasteiger partial charge on any atom is 0.216 e. The number of hydrogen-bond acceptors (Lipinski definition) is 1. The third-order valence-electron chi connectivity index (χ3n) is 5.25. The van der Waals surface area contributed by atoms with Crippen molar-refractivity contribution in [3.05, 3.63) is 65.4 Å². The first-order valence-corrected chi connectivity index (χ1v) is 9.65. The molecule has 27 heavy (non-hydrogen) atoms. The van der Waals surface area contributed by atoms with Crippen molar-refractivity contribution in [1.82, 2.24) is 0 Å². The lowest BCUT2D eigenvalue weighted by Gasteiger charge is -2.18. The van der Waals surface area contributed by atoms with E-state index < -0.39 is 0 Å². The molecule has 0 aliphatic carbocycles. The van der Waals surface area contributed by atoms with Crippen LogP contribution in [0.25, 0.3) is 33.2 Å². The summed E-state index contributed by atoms with van der Waals surface area (Å²) in [6.45, 7) is 11.2. The van der Waals surface area contributed by atoms with Crippen molar-refractivity contribution in [3.63, 3.8) is 0 Å². The number of fused-ring (bicyclic) bond motifs is 3. The van der Waals surface area contributed by atoms with Crippen molar-refractivity contribution in [2.24, 2.45) is 12.5 Å². The zero-order valence-corrected chi connectivity index (χ0v) is 17.2. The molecule has 0 unspecified atom stereocenters. The van der Waals surface area contributed by atoms with Gasteiger partial charge in [-0.2, -0.15) is 0 Å². The Labute approximate surface area is 161 Å². The first kappa shape index (κ1) is 17.8. The minimum Gasteiger partial charge on any atom is -0.455 e. The Morgan fingerprint density at radius 1 is 0.963 bits per heavy atom. The number of para-hydroxylation sites is 1. The van der Waals surface area contributed by atoms with Crippen molar-refractivity contribution in [2.75, 3.05) is 0 Å². The summed E-state index contributed by atoms with van der Waals surface area (Å²) in [6.07, 6.45) is 3.22. The number of rotatable bonds is 2. The van der Waals surface area contributed by atoms with Crippen LogP contribution in [0.4, 0.5) is 0 Å². The highest BCUT2D eigenvalue weighted by Gasteiger charge is 2.23. The summed E-state index contributed by atoms with van der Waals surface area (Å²) in [6, 6.07) is 15.2. The molecule has 0 aliphatic heterocycles. The van der Waals surface area contributed by atoms with Crippen LogP contribution >= 0.6 is 0 Å². The smallest absolute Gasteiger partial charge is 0.216 e. The molecular weight excluding hydrogens is 330 g/mol. The first-order chi connectivity index (χ1) is 12.7. The molecule has 2 nitrogen and oxygen atoms in total. The van der Waals surface area contributed by atoms with E-state index in [1.807, 2.05) is 6.07 Å². The number of pyridine rings is 1. The molecule has 4 aromatic rings. The predicted octanol–water partition coefficient (Wildman–Crippen LogP) is 6.28. The van der Waals surface area contributed by atoms with Gasteiger partial charge in [0.1, 0.15) is 18.2 Å². The number of aryl methyl sites for hydroxylation is 3. The molecule has 0 N–H and O–H groups in total. The molecule has 2 heteroatoms. The average Bonchev–Trinajstić information content (AvgIpc) is 2.95. The molecule has 0 radical (unpaired) electrons. The lowest BCUT2D eigenvalue weighted by Crippen LogP contribution is -2.31. The molecule has 2 aromatic carbocycles. The fraction of sp³-hybridized carbons (Fsp3) is 0.320. The minimum atomic E-state index is 0.258. The first-order valence-electron chi connectivity index (χ1n) is 9.65. The zero-order valence-electron chi connectivity index (χ0n) is 17.2. The maximum atomic E-state index is 6.38. The van der Waals surface area contributed by atoms with Crippen molar-refractivity contribution in [3.8, 4) is 11.3 Å². The fourth-order valence-electron chi connectivity index (χ4n) is 4.16. The largest absolute Gasteiger partial charge is 0.455 e. The lowest BCUT2D eigenvalue weighted by molar-refractivity contribution is -0.660. The number of aromatic nitrogens is 1. The van der Waals surface area contributed by atoms with E-state index in [0.29, 0.717) is 0 Å². The molecule has 0 saturated carbocycles. The summed E-state index contributed by atoms with van der Waals surface area (Å²) in [4.78, 5) is 0. The Kier molecular flexibility index (Phi) is 4.10. The summed E-state index contributed by atoms with van der Waals surface area (Å²) in [5.41, 5.74) is 8.50. The SMILES string of the molecule is Cc1cc(C)c2c(oc3ccccc32)c1-c1cc(CC(C)(C)C)cc[n+]1C. The van der Waals surface area contributed by atoms with E-state index in [9.17, 15) is 0 Å². The molecule has 2 heterocycles. The van der Waals surface area contributed by atoms with E-state index in [2.05, 4.69) is 88.8 Å². The van der Waals surface area contributed by atoms with E-state index in [4.69, 9.17) is 4.42 Å². The molecule has 0 fully saturated rings. The zero-order chi connectivity index (χ0) is 19.3. The van der Waals surface area contributed by atoms with Crippen LogP contribution < -0.4 is 4.57 Å². The van der Waals surface area contributed by atoms with Gasteiger partial charge in [0.25, 0.3) is 0 Å². The summed E-state index contributed by atoms with van der Waals surface area (Å²) in [5, 5.41) is 2.42. The predicted molar refractivity (Wildman–Crippen MR) is 113 cm³/mol. The van der Waals surface area contributed by atoms with Gasteiger partial charge in [-0.3, -0.25) is 0 Å². The van der Waals surface area contributed by atoms with E-state index in [0.717, 1.165) is 17.6 Å². The Balaban J connectivity index is 2.03. The van der Waals surface area contributed by atoms with Crippen LogP contribution in [0.15, 0.2) is 53.1 Å². The van der Waals surface area contributed by atoms with Crippen LogP contribution in [0.1, 0.15) is 37.5 Å². The second-order valence-electron chi connectivity index (χ2n) is 8.96. The third kappa shape index (κ3) is 3.14. The number of benzene rings is 2. The number of hydrogen-bond donors (Lipinski definition) is 0. The Bertz CT molecular complexity index is 1160. The Hall–Kier alpha value is -2.61. The van der Waals surface area contributed by atoms with Crippen molar-refractivity contribution in [2.45, 2.75) is 41.0 Å². The molecule has 4 rings (SSSR count). The molecule has 0 spiro atoms. The summed E-state index contributed by atoms with van der Waals surface area (Å²) in [7, 11) is 2.12. The Morgan fingerprint density at radius 3 is 2.44 bits per heavy atom. The molecule has 0 bridgehead atoms. The molecule has 0 atom stereocenters. The van der Waals surface area contributed by atoms with Gasteiger partial charge in [0.15, 0.2) is 6.20 Å². The molecule has 2 aromatic heterocycles. The quantitative estimate of drug-likeness (QED) is 0.385. The van der Waals surface area contributed by atoms with Crippen LogP contribution in [-0.4, -0.2) is 0 Å². The van der Waals surface area contributed by atoms with Gasteiger partial charge in [-0.15, -0.1) is 0 Å². The number of nitrogens with zero attached hydrogens (tertiary/aromatic N) is 1. The van der Waals surface area contributed by atoms with E-state index in [1.54, 1.807) is 0 Å². The topological polar surface area (TPSA) is 17.0 Å². The number of furan rings is 1. The highest BCUT2D eigenvalue weighted by Crippen LogP contribution is 2.39. The fourth-order valence-corrected chi connectivity index (χ4v) is 4.16. The van der Waals surface area contributed by atoms with Crippen molar-refractivity contribution < 1.29 is 8.98 Å². The Morgan fingerprint density at radius 2 is 1.70 bits per heavy atom. The molecular formula is C25H28NO+. The molecule has 0 saturated heterocycles. The van der Waals surface area contributed by atoms with Crippen LogP contribution in [0.3, 0.4) is 0 Å². The molecule has 0 aliphatic rings. The second-order valence-corrected chi connectivity index (χ2v) is 8.96. The lowest BCUT2D eigenvalue weighted by atomic mass is 9.87.